The second-order valence-electron chi connectivity index (χ2n) is 4.92. The van der Waals surface area contributed by atoms with Crippen LogP contribution in [0.4, 0.5) is 0 Å². The Labute approximate surface area is 130 Å². The van der Waals surface area contributed by atoms with E-state index in [4.69, 9.17) is 16.3 Å². The highest BCUT2D eigenvalue weighted by molar-refractivity contribution is 6.30. The van der Waals surface area contributed by atoms with Gasteiger partial charge < -0.3 is 15.2 Å². The first-order valence-electron chi connectivity index (χ1n) is 6.91. The fraction of sp³-hybridized carbons (Fsp3) is 0.294. The topological polar surface area (TPSA) is 41.5 Å². The molecule has 1 unspecified atom stereocenters. The van der Waals surface area contributed by atoms with Crippen LogP contribution in [-0.2, 0) is 0 Å². The number of methoxy groups -OCH3 is 1. The molecule has 2 aromatic carbocycles. The van der Waals surface area contributed by atoms with E-state index >= 15 is 0 Å². The van der Waals surface area contributed by atoms with Gasteiger partial charge in [0.05, 0.1) is 19.8 Å². The van der Waals surface area contributed by atoms with Crippen molar-refractivity contribution in [2.24, 2.45) is 0 Å². The van der Waals surface area contributed by atoms with Crippen LogP contribution in [0.1, 0.15) is 30.1 Å². The van der Waals surface area contributed by atoms with Gasteiger partial charge >= 0.3 is 0 Å². The average Bonchev–Trinajstić information content (AvgIpc) is 2.53. The molecule has 0 amide bonds. The summed E-state index contributed by atoms with van der Waals surface area (Å²) in [6.45, 7) is 2.05. The predicted molar refractivity (Wildman–Crippen MR) is 85.8 cm³/mol. The summed E-state index contributed by atoms with van der Waals surface area (Å²) in [5.74, 6) is 0.782. The van der Waals surface area contributed by atoms with Crippen LogP contribution in [0.3, 0.4) is 0 Å². The molecule has 2 aromatic rings. The van der Waals surface area contributed by atoms with Crippen molar-refractivity contribution in [3.05, 3.63) is 64.7 Å². The number of rotatable bonds is 6. The van der Waals surface area contributed by atoms with Gasteiger partial charge in [0.2, 0.25) is 0 Å². The lowest BCUT2D eigenvalue weighted by molar-refractivity contribution is 0.234. The number of hydrogen-bond acceptors (Lipinski definition) is 3. The Hall–Kier alpha value is -1.55. The maximum Gasteiger partial charge on any atom is 0.123 e. The zero-order valence-electron chi connectivity index (χ0n) is 12.2. The van der Waals surface area contributed by atoms with Crippen LogP contribution in [0.15, 0.2) is 48.5 Å². The molecule has 0 saturated carbocycles. The average molecular weight is 306 g/mol. The smallest absolute Gasteiger partial charge is 0.123 e. The number of ether oxygens (including phenoxy) is 1. The quantitative estimate of drug-likeness (QED) is 0.854. The predicted octanol–water partition coefficient (Wildman–Crippen LogP) is 3.73. The van der Waals surface area contributed by atoms with E-state index in [0.717, 1.165) is 16.9 Å². The first kappa shape index (κ1) is 15.8. The monoisotopic (exact) mass is 305 g/mol. The van der Waals surface area contributed by atoms with Crippen LogP contribution >= 0.6 is 11.6 Å². The van der Waals surface area contributed by atoms with E-state index in [0.29, 0.717) is 5.02 Å². The normalized spacial score (nSPS) is 13.7. The highest BCUT2D eigenvalue weighted by Crippen LogP contribution is 2.29. The van der Waals surface area contributed by atoms with E-state index in [9.17, 15) is 5.11 Å². The molecule has 0 aromatic heterocycles. The minimum Gasteiger partial charge on any atom is -0.496 e. The molecule has 3 nitrogen and oxygen atoms in total. The summed E-state index contributed by atoms with van der Waals surface area (Å²) < 4.78 is 5.38. The zero-order valence-corrected chi connectivity index (χ0v) is 13.0. The van der Waals surface area contributed by atoms with Gasteiger partial charge in [-0.1, -0.05) is 41.9 Å². The molecule has 2 N–H and O–H groups in total. The largest absolute Gasteiger partial charge is 0.496 e. The molecule has 0 aliphatic heterocycles. The molecule has 0 bridgehead atoms. The van der Waals surface area contributed by atoms with Gasteiger partial charge in [0.1, 0.15) is 5.75 Å². The van der Waals surface area contributed by atoms with Crippen LogP contribution in [0.2, 0.25) is 5.02 Å². The van der Waals surface area contributed by atoms with Crippen LogP contribution in [0, 0.1) is 0 Å². The van der Waals surface area contributed by atoms with E-state index < -0.39 is 0 Å². The highest BCUT2D eigenvalue weighted by Gasteiger charge is 2.17. The maximum atomic E-state index is 9.64. The Balaban J connectivity index is 2.20. The third kappa shape index (κ3) is 3.97. The Bertz CT molecular complexity index is 574. The maximum absolute atomic E-state index is 9.64. The molecule has 2 rings (SSSR count). The van der Waals surface area contributed by atoms with Gasteiger partial charge in [0, 0.05) is 16.6 Å². The number of nitrogens with one attached hydrogen (secondary N) is 1. The van der Waals surface area contributed by atoms with Gasteiger partial charge in [-0.2, -0.15) is 0 Å². The van der Waals surface area contributed by atoms with Crippen LogP contribution < -0.4 is 10.1 Å². The number of benzene rings is 2. The summed E-state index contributed by atoms with van der Waals surface area (Å²) in [4.78, 5) is 0. The zero-order chi connectivity index (χ0) is 15.2. The Morgan fingerprint density at radius 2 is 1.90 bits per heavy atom. The van der Waals surface area contributed by atoms with Crippen molar-refractivity contribution >= 4 is 11.6 Å². The van der Waals surface area contributed by atoms with Crippen molar-refractivity contribution in [1.82, 2.24) is 5.32 Å². The molecule has 0 saturated heterocycles. The van der Waals surface area contributed by atoms with E-state index in [2.05, 4.69) is 5.32 Å². The van der Waals surface area contributed by atoms with Crippen molar-refractivity contribution in [2.75, 3.05) is 13.7 Å². The van der Waals surface area contributed by atoms with Gasteiger partial charge in [-0.3, -0.25) is 0 Å². The number of hydrogen-bond donors (Lipinski definition) is 2. The van der Waals surface area contributed by atoms with Gasteiger partial charge in [-0.25, -0.2) is 0 Å². The van der Waals surface area contributed by atoms with Gasteiger partial charge in [-0.15, -0.1) is 0 Å². The second kappa shape index (κ2) is 7.46. The van der Waals surface area contributed by atoms with Crippen molar-refractivity contribution in [3.8, 4) is 5.75 Å². The Kier molecular flexibility index (Phi) is 5.62. The summed E-state index contributed by atoms with van der Waals surface area (Å²) in [6, 6.07) is 15.3. The van der Waals surface area contributed by atoms with E-state index in [1.54, 1.807) is 13.2 Å². The molecule has 112 valence electrons. The van der Waals surface area contributed by atoms with E-state index in [-0.39, 0.29) is 18.7 Å². The first-order valence-corrected chi connectivity index (χ1v) is 7.28. The summed E-state index contributed by atoms with van der Waals surface area (Å²) in [6.07, 6.45) is 0. The third-order valence-corrected chi connectivity index (χ3v) is 3.73. The summed E-state index contributed by atoms with van der Waals surface area (Å²) in [5, 5.41) is 13.7. The lowest BCUT2D eigenvalue weighted by atomic mass is 10.0. The van der Waals surface area contributed by atoms with E-state index in [1.807, 2.05) is 49.4 Å². The number of halogens is 1. The molecule has 2 atom stereocenters. The summed E-state index contributed by atoms with van der Waals surface area (Å²) in [7, 11) is 1.64. The Morgan fingerprint density at radius 1 is 1.19 bits per heavy atom. The highest BCUT2D eigenvalue weighted by atomic mass is 35.5. The molecule has 0 heterocycles. The molecule has 0 aliphatic rings. The lowest BCUT2D eigenvalue weighted by Gasteiger charge is -2.24. The molecule has 0 radical (unpaired) electrons. The SMILES string of the molecule is COc1ccc(Cl)cc1C(C)N[C@H](CO)c1ccccc1. The van der Waals surface area contributed by atoms with Gasteiger partial charge in [0.15, 0.2) is 0 Å². The number of aliphatic hydroxyl groups excluding tert-OH is 1. The van der Waals surface area contributed by atoms with Crippen LogP contribution in [-0.4, -0.2) is 18.8 Å². The van der Waals surface area contributed by atoms with Gasteiger partial charge in [-0.05, 0) is 30.7 Å². The summed E-state index contributed by atoms with van der Waals surface area (Å²) in [5.41, 5.74) is 2.02. The molecular formula is C17H20ClNO2. The molecule has 0 fully saturated rings. The minimum absolute atomic E-state index is 0.00370. The second-order valence-corrected chi connectivity index (χ2v) is 5.36. The summed E-state index contributed by atoms with van der Waals surface area (Å²) >= 11 is 6.07. The fourth-order valence-electron chi connectivity index (χ4n) is 2.37. The van der Waals surface area contributed by atoms with Crippen molar-refractivity contribution in [3.63, 3.8) is 0 Å². The third-order valence-electron chi connectivity index (χ3n) is 3.49. The van der Waals surface area contributed by atoms with Crippen molar-refractivity contribution < 1.29 is 9.84 Å². The lowest BCUT2D eigenvalue weighted by Crippen LogP contribution is -2.27. The molecule has 0 aliphatic carbocycles. The molecule has 4 heteroatoms. The molecule has 21 heavy (non-hydrogen) atoms. The Morgan fingerprint density at radius 3 is 2.52 bits per heavy atom. The van der Waals surface area contributed by atoms with Gasteiger partial charge in [0.25, 0.3) is 0 Å². The first-order chi connectivity index (χ1) is 10.2. The van der Waals surface area contributed by atoms with Crippen molar-refractivity contribution in [1.29, 1.82) is 0 Å². The fourth-order valence-corrected chi connectivity index (χ4v) is 2.56. The van der Waals surface area contributed by atoms with Crippen LogP contribution in [0.5, 0.6) is 5.75 Å². The number of aliphatic hydroxyl groups is 1. The van der Waals surface area contributed by atoms with E-state index in [1.165, 1.54) is 0 Å². The molecule has 0 spiro atoms. The van der Waals surface area contributed by atoms with Crippen LogP contribution in [0.25, 0.3) is 0 Å². The standard InChI is InChI=1S/C17H20ClNO2/c1-12(15-10-14(18)8-9-17(15)21-2)19-16(11-20)13-6-4-3-5-7-13/h3-10,12,16,19-20H,11H2,1-2H3/t12?,16-/m1/s1. The minimum atomic E-state index is -0.134. The van der Waals surface area contributed by atoms with Crippen molar-refractivity contribution in [2.45, 2.75) is 19.0 Å². The molecular weight excluding hydrogens is 286 g/mol.